The van der Waals surface area contributed by atoms with Gasteiger partial charge in [0.1, 0.15) is 30.2 Å². The molecule has 11 nitrogen and oxygen atoms in total. The number of fused-ring (bicyclic) bond motifs is 6. The summed E-state index contributed by atoms with van der Waals surface area (Å²) in [6, 6.07) is 17.5. The summed E-state index contributed by atoms with van der Waals surface area (Å²) in [5.41, 5.74) is 10.1. The van der Waals surface area contributed by atoms with Crippen LogP contribution in [0.25, 0.3) is 0 Å². The first-order chi connectivity index (χ1) is 23.2. The Hall–Kier alpha value is -4.10. The molecule has 1 spiro atoms. The first-order valence-corrected chi connectivity index (χ1v) is 17.5. The van der Waals surface area contributed by atoms with Crippen LogP contribution in [0.15, 0.2) is 60.7 Å². The maximum absolute atomic E-state index is 13.7. The minimum atomic E-state index is -0.894. The summed E-state index contributed by atoms with van der Waals surface area (Å²) in [5.74, 6) is 0.627. The van der Waals surface area contributed by atoms with Crippen molar-refractivity contribution >= 4 is 40.9 Å². The lowest BCUT2D eigenvalue weighted by molar-refractivity contribution is -0.133. The van der Waals surface area contributed by atoms with Crippen LogP contribution in [0, 0.1) is 5.92 Å². The van der Waals surface area contributed by atoms with E-state index < -0.39 is 29.5 Å². The molecule has 0 bridgehead atoms. The molecule has 0 radical (unpaired) electrons. The largest absolute Gasteiger partial charge is 0.456 e. The molecule has 2 aliphatic heterocycles. The molecule has 2 aliphatic rings. The van der Waals surface area contributed by atoms with Gasteiger partial charge in [-0.25, -0.2) is 0 Å². The molecule has 3 aromatic rings. The molecule has 3 amide bonds. The first-order valence-electron chi connectivity index (χ1n) is 16.1. The number of amides is 3. The van der Waals surface area contributed by atoms with E-state index in [1.807, 2.05) is 56.5 Å². The first kappa shape index (κ1) is 35.2. The quantitative estimate of drug-likeness (QED) is 0.134. The predicted molar refractivity (Wildman–Crippen MR) is 186 cm³/mol. The molecule has 3 atom stereocenters. The summed E-state index contributed by atoms with van der Waals surface area (Å²) in [5, 5.41) is 8.62. The second-order valence-corrected chi connectivity index (χ2v) is 13.3. The number of hydrogen-bond donors (Lipinski definition) is 4. The monoisotopic (exact) mass is 676 g/mol. The highest BCUT2D eigenvalue weighted by molar-refractivity contribution is 7.98. The molecule has 12 heteroatoms. The summed E-state index contributed by atoms with van der Waals surface area (Å²) in [6.07, 6.45) is 2.73. The number of benzene rings is 3. The molecular weight excluding hydrogens is 632 g/mol. The van der Waals surface area contributed by atoms with Crippen molar-refractivity contribution in [1.82, 2.24) is 10.6 Å². The minimum absolute atomic E-state index is 0.115. The van der Waals surface area contributed by atoms with Crippen LogP contribution >= 0.6 is 11.8 Å². The van der Waals surface area contributed by atoms with Gasteiger partial charge in [0, 0.05) is 41.7 Å². The second-order valence-electron chi connectivity index (χ2n) is 12.3. The third kappa shape index (κ3) is 7.78. The van der Waals surface area contributed by atoms with Crippen molar-refractivity contribution in [2.45, 2.75) is 51.0 Å². The normalized spacial score (nSPS) is 17.1. The van der Waals surface area contributed by atoms with Crippen LogP contribution in [0.4, 0.5) is 11.4 Å². The minimum Gasteiger partial charge on any atom is -0.456 e. The Kier molecular flexibility index (Phi) is 11.6. The van der Waals surface area contributed by atoms with Gasteiger partial charge < -0.3 is 40.6 Å². The van der Waals surface area contributed by atoms with E-state index in [2.05, 4.69) is 28.1 Å². The SMILES string of the molecule is COCCOCC(=O)N[C@@H](CC(C)C)C(=O)N[C@@H](CCSC)C(=O)Nc1ccc2c(c1)Oc1cc(N)ccc1C21OCc2ccccc21. The Morgan fingerprint density at radius 3 is 2.44 bits per heavy atom. The van der Waals surface area contributed by atoms with Crippen molar-refractivity contribution in [3.8, 4) is 11.5 Å². The number of carbonyl (C=O) groups excluding carboxylic acids is 3. The van der Waals surface area contributed by atoms with Gasteiger partial charge in [-0.3, -0.25) is 14.4 Å². The van der Waals surface area contributed by atoms with E-state index in [1.165, 1.54) is 0 Å². The maximum atomic E-state index is 13.7. The third-order valence-corrected chi connectivity index (χ3v) is 8.99. The average Bonchev–Trinajstić information content (AvgIpc) is 3.44. The van der Waals surface area contributed by atoms with E-state index in [0.717, 1.165) is 22.3 Å². The molecule has 0 aliphatic carbocycles. The highest BCUT2D eigenvalue weighted by Crippen LogP contribution is 2.56. The molecule has 0 saturated heterocycles. The molecule has 0 saturated carbocycles. The van der Waals surface area contributed by atoms with Gasteiger partial charge in [-0.2, -0.15) is 11.8 Å². The van der Waals surface area contributed by atoms with Crippen LogP contribution in [0.3, 0.4) is 0 Å². The number of carbonyl (C=O) groups is 3. The number of rotatable bonds is 15. The van der Waals surface area contributed by atoms with Gasteiger partial charge in [-0.1, -0.05) is 38.1 Å². The summed E-state index contributed by atoms with van der Waals surface area (Å²) in [6.45, 7) is 4.78. The average molecular weight is 677 g/mol. The number of nitrogen functional groups attached to an aromatic ring is 1. The Balaban J connectivity index is 1.35. The van der Waals surface area contributed by atoms with E-state index in [4.69, 9.17) is 24.7 Å². The number of thioether (sulfide) groups is 1. The fourth-order valence-electron chi connectivity index (χ4n) is 6.10. The molecule has 5 rings (SSSR count). The Bertz CT molecular complexity index is 1630. The van der Waals surface area contributed by atoms with E-state index in [0.29, 0.717) is 54.7 Å². The number of anilines is 2. The lowest BCUT2D eigenvalue weighted by Gasteiger charge is -2.37. The van der Waals surface area contributed by atoms with Gasteiger partial charge in [0.15, 0.2) is 5.60 Å². The lowest BCUT2D eigenvalue weighted by atomic mass is 9.77. The predicted octanol–water partition coefficient (Wildman–Crippen LogP) is 4.57. The Morgan fingerprint density at radius 1 is 0.938 bits per heavy atom. The van der Waals surface area contributed by atoms with Crippen LogP contribution in [0.1, 0.15) is 48.9 Å². The van der Waals surface area contributed by atoms with Crippen LogP contribution in [0.5, 0.6) is 11.5 Å². The summed E-state index contributed by atoms with van der Waals surface area (Å²) in [7, 11) is 1.55. The highest BCUT2D eigenvalue weighted by atomic mass is 32.2. The molecule has 48 heavy (non-hydrogen) atoms. The standard InChI is InChI=1S/C36H44N4O7S/c1-22(2)17-30(39-33(41)21-45-15-14-44-3)35(43)40-29(13-16-48-4)34(42)38-25-10-12-28-32(19-25)47-31-18-24(37)9-11-27(31)36(28)26-8-6-5-7-23(26)20-46-36/h5-12,18-19,22,29-30H,13-17,20-21,37H2,1-4H3,(H,38,42)(H,39,41)(H,40,43)/t29-,30-,36?/m0/s1. The van der Waals surface area contributed by atoms with E-state index >= 15 is 0 Å². The lowest BCUT2D eigenvalue weighted by Crippen LogP contribution is -2.53. The molecule has 2 heterocycles. The molecule has 5 N–H and O–H groups in total. The Morgan fingerprint density at radius 2 is 1.69 bits per heavy atom. The van der Waals surface area contributed by atoms with Crippen molar-refractivity contribution in [2.24, 2.45) is 5.92 Å². The summed E-state index contributed by atoms with van der Waals surface area (Å²) < 4.78 is 23.2. The molecule has 0 aromatic heterocycles. The smallest absolute Gasteiger partial charge is 0.246 e. The fraction of sp³-hybridized carbons (Fsp3) is 0.417. The highest BCUT2D eigenvalue weighted by Gasteiger charge is 2.49. The van der Waals surface area contributed by atoms with Crippen molar-refractivity contribution in [3.63, 3.8) is 0 Å². The van der Waals surface area contributed by atoms with Crippen molar-refractivity contribution in [1.29, 1.82) is 0 Å². The zero-order valence-electron chi connectivity index (χ0n) is 27.8. The second kappa shape index (κ2) is 15.9. The Labute approximate surface area is 285 Å². The van der Waals surface area contributed by atoms with E-state index in [-0.39, 0.29) is 25.0 Å². The maximum Gasteiger partial charge on any atom is 0.246 e. The van der Waals surface area contributed by atoms with E-state index in [9.17, 15) is 14.4 Å². The van der Waals surface area contributed by atoms with Gasteiger partial charge in [0.05, 0.1) is 19.8 Å². The number of nitrogens with two attached hydrogens (primary N) is 1. The van der Waals surface area contributed by atoms with Gasteiger partial charge in [0.25, 0.3) is 0 Å². The van der Waals surface area contributed by atoms with Crippen LogP contribution in [-0.4, -0.2) is 68.7 Å². The van der Waals surface area contributed by atoms with Gasteiger partial charge >= 0.3 is 0 Å². The van der Waals surface area contributed by atoms with Crippen molar-refractivity contribution in [2.75, 3.05) is 50.0 Å². The number of nitrogens with one attached hydrogen (secondary N) is 3. The molecule has 0 fully saturated rings. The molecule has 256 valence electrons. The number of hydrogen-bond acceptors (Lipinski definition) is 9. The zero-order valence-corrected chi connectivity index (χ0v) is 28.6. The third-order valence-electron chi connectivity index (χ3n) is 8.34. The van der Waals surface area contributed by atoms with E-state index in [1.54, 1.807) is 31.0 Å². The van der Waals surface area contributed by atoms with Crippen molar-refractivity contribution in [3.05, 3.63) is 82.9 Å². The van der Waals surface area contributed by atoms with Gasteiger partial charge in [0.2, 0.25) is 17.7 Å². The number of ether oxygens (including phenoxy) is 4. The van der Waals surface area contributed by atoms with Crippen LogP contribution in [0.2, 0.25) is 0 Å². The van der Waals surface area contributed by atoms with Gasteiger partial charge in [-0.05, 0) is 66.2 Å². The molecule has 1 unspecified atom stereocenters. The zero-order chi connectivity index (χ0) is 34.3. The summed E-state index contributed by atoms with van der Waals surface area (Å²) in [4.78, 5) is 39.7. The van der Waals surface area contributed by atoms with Crippen molar-refractivity contribution < 1.29 is 33.3 Å². The fourth-order valence-corrected chi connectivity index (χ4v) is 6.58. The topological polar surface area (TPSA) is 150 Å². The number of methoxy groups -OCH3 is 1. The van der Waals surface area contributed by atoms with Gasteiger partial charge in [-0.15, -0.1) is 0 Å². The van der Waals surface area contributed by atoms with Crippen LogP contribution < -0.4 is 26.4 Å². The molecule has 3 aromatic carbocycles. The molecular formula is C36H44N4O7S. The van der Waals surface area contributed by atoms with Crippen LogP contribution in [-0.2, 0) is 40.8 Å². The summed E-state index contributed by atoms with van der Waals surface area (Å²) >= 11 is 1.57.